The van der Waals surface area contributed by atoms with Gasteiger partial charge in [0.15, 0.2) is 0 Å². The third-order valence-electron chi connectivity index (χ3n) is 5.68. The van der Waals surface area contributed by atoms with Crippen LogP contribution in [-0.2, 0) is 6.18 Å². The maximum Gasteiger partial charge on any atom is 0.453 e. The first-order valence-electron chi connectivity index (χ1n) is 10.6. The van der Waals surface area contributed by atoms with E-state index >= 15 is 0 Å². The fourth-order valence-corrected chi connectivity index (χ4v) is 5.31. The summed E-state index contributed by atoms with van der Waals surface area (Å²) in [5, 5.41) is 8.20. The molecule has 6 rings (SSSR count). The van der Waals surface area contributed by atoms with Gasteiger partial charge in [-0.1, -0.05) is 66.2 Å². The number of fused-ring (bicyclic) bond motifs is 2. The molecule has 3 aromatic carbocycles. The third kappa shape index (κ3) is 3.86. The summed E-state index contributed by atoms with van der Waals surface area (Å²) in [5.74, 6) is -1.21. The Balaban J connectivity index is 1.66. The van der Waals surface area contributed by atoms with Crippen LogP contribution in [0.5, 0.6) is 0 Å². The van der Waals surface area contributed by atoms with Crippen molar-refractivity contribution in [1.29, 1.82) is 0 Å². The second-order valence-electron chi connectivity index (χ2n) is 7.92. The zero-order valence-corrected chi connectivity index (χ0v) is 19.4. The van der Waals surface area contributed by atoms with Crippen LogP contribution in [0.2, 0.25) is 5.02 Å². The molecule has 2 aromatic heterocycles. The summed E-state index contributed by atoms with van der Waals surface area (Å²) in [7, 11) is 0. The van der Waals surface area contributed by atoms with Gasteiger partial charge in [0.2, 0.25) is 5.95 Å². The first-order valence-corrected chi connectivity index (χ1v) is 11.8. The SMILES string of the molecule is FC(F)(F)c1nc2n(n1)C(c1ccc(Cl)cc1)C(c1nc3ccccc3s1)=C(c1ccccc1)N2. The lowest BCUT2D eigenvalue weighted by atomic mass is 9.93. The summed E-state index contributed by atoms with van der Waals surface area (Å²) < 4.78 is 43.1. The molecule has 1 atom stereocenters. The van der Waals surface area contributed by atoms with Gasteiger partial charge in [0, 0.05) is 10.6 Å². The molecular weight excluding hydrogens is 495 g/mol. The van der Waals surface area contributed by atoms with E-state index in [1.165, 1.54) is 16.0 Å². The molecule has 3 heterocycles. The number of halogens is 4. The van der Waals surface area contributed by atoms with Crippen LogP contribution >= 0.6 is 22.9 Å². The molecule has 5 aromatic rings. The summed E-state index contributed by atoms with van der Waals surface area (Å²) >= 11 is 7.60. The second-order valence-corrected chi connectivity index (χ2v) is 9.39. The van der Waals surface area contributed by atoms with Gasteiger partial charge in [0.1, 0.15) is 11.0 Å². The van der Waals surface area contributed by atoms with E-state index in [0.717, 1.165) is 15.8 Å². The summed E-state index contributed by atoms with van der Waals surface area (Å²) in [6.45, 7) is 0. The number of nitrogens with zero attached hydrogens (tertiary/aromatic N) is 4. The Morgan fingerprint density at radius 1 is 0.886 bits per heavy atom. The third-order valence-corrected chi connectivity index (χ3v) is 7.00. The summed E-state index contributed by atoms with van der Waals surface area (Å²) in [6, 6.07) is 23.4. The summed E-state index contributed by atoms with van der Waals surface area (Å²) in [4.78, 5) is 8.65. The number of rotatable bonds is 3. The van der Waals surface area contributed by atoms with Crippen molar-refractivity contribution in [2.24, 2.45) is 0 Å². The van der Waals surface area contributed by atoms with E-state index in [4.69, 9.17) is 16.6 Å². The monoisotopic (exact) mass is 509 g/mol. The van der Waals surface area contributed by atoms with Crippen LogP contribution in [0.3, 0.4) is 0 Å². The van der Waals surface area contributed by atoms with Crippen molar-refractivity contribution < 1.29 is 13.2 Å². The molecule has 1 aliphatic rings. The van der Waals surface area contributed by atoms with Crippen LogP contribution in [0.15, 0.2) is 78.9 Å². The predicted octanol–water partition coefficient (Wildman–Crippen LogP) is 7.14. The number of hydrogen-bond acceptors (Lipinski definition) is 5. The molecule has 1 aliphatic heterocycles. The predicted molar refractivity (Wildman–Crippen MR) is 131 cm³/mol. The van der Waals surface area contributed by atoms with E-state index in [1.807, 2.05) is 54.6 Å². The quantitative estimate of drug-likeness (QED) is 0.281. The zero-order valence-electron chi connectivity index (χ0n) is 17.8. The minimum absolute atomic E-state index is 0.000916. The molecule has 1 unspecified atom stereocenters. The van der Waals surface area contributed by atoms with Crippen molar-refractivity contribution in [2.75, 3.05) is 5.32 Å². The standard InChI is InChI=1S/C25H15ClF3N5S/c26-16-12-10-15(11-13-16)21-19(22-30-17-8-4-5-9-18(17)35-22)20(14-6-2-1-3-7-14)31-24-32-23(25(27,28)29)33-34(21)24/h1-13,21H,(H,31,32,33). The van der Waals surface area contributed by atoms with Crippen molar-refractivity contribution >= 4 is 50.4 Å². The van der Waals surface area contributed by atoms with Crippen molar-refractivity contribution in [3.05, 3.63) is 106 Å². The van der Waals surface area contributed by atoms with Crippen LogP contribution < -0.4 is 5.32 Å². The molecule has 5 nitrogen and oxygen atoms in total. The van der Waals surface area contributed by atoms with Gasteiger partial charge >= 0.3 is 6.18 Å². The zero-order chi connectivity index (χ0) is 24.2. The van der Waals surface area contributed by atoms with Gasteiger partial charge in [0.05, 0.1) is 15.9 Å². The number of alkyl halides is 3. The highest BCUT2D eigenvalue weighted by Gasteiger charge is 2.41. The number of aromatic nitrogens is 4. The maximum atomic E-state index is 13.6. The van der Waals surface area contributed by atoms with Crippen molar-refractivity contribution in [1.82, 2.24) is 19.7 Å². The molecule has 1 N–H and O–H groups in total. The van der Waals surface area contributed by atoms with Crippen LogP contribution in [0, 0.1) is 0 Å². The van der Waals surface area contributed by atoms with Crippen molar-refractivity contribution in [3.8, 4) is 0 Å². The first-order chi connectivity index (χ1) is 16.9. The molecule has 10 heteroatoms. The Labute approximate surface area is 206 Å². The number of para-hydroxylation sites is 1. The van der Waals surface area contributed by atoms with E-state index in [0.29, 0.717) is 26.9 Å². The fraction of sp³-hybridized carbons (Fsp3) is 0.0800. The lowest BCUT2D eigenvalue weighted by Gasteiger charge is -2.30. The van der Waals surface area contributed by atoms with Gasteiger partial charge in [-0.15, -0.1) is 16.4 Å². The molecular formula is C25H15ClF3N5S. The van der Waals surface area contributed by atoms with Crippen LogP contribution in [0.25, 0.3) is 21.5 Å². The van der Waals surface area contributed by atoms with E-state index in [1.54, 1.807) is 24.3 Å². The Bertz CT molecular complexity index is 1540. The largest absolute Gasteiger partial charge is 0.453 e. The summed E-state index contributed by atoms with van der Waals surface area (Å²) in [5.41, 5.74) is 3.63. The molecule has 0 aliphatic carbocycles. The van der Waals surface area contributed by atoms with Gasteiger partial charge in [-0.2, -0.15) is 18.2 Å². The molecule has 0 spiro atoms. The average molecular weight is 510 g/mol. The van der Waals surface area contributed by atoms with E-state index in [9.17, 15) is 13.2 Å². The van der Waals surface area contributed by atoms with E-state index in [-0.39, 0.29) is 5.95 Å². The Morgan fingerprint density at radius 2 is 1.60 bits per heavy atom. The molecule has 0 amide bonds. The maximum absolute atomic E-state index is 13.6. The van der Waals surface area contributed by atoms with Crippen LogP contribution in [0.1, 0.15) is 28.0 Å². The second kappa shape index (κ2) is 8.21. The van der Waals surface area contributed by atoms with Gasteiger partial charge in [-0.05, 0) is 35.4 Å². The van der Waals surface area contributed by atoms with Gasteiger partial charge in [0.25, 0.3) is 5.82 Å². The number of thiazole rings is 1. The van der Waals surface area contributed by atoms with E-state index in [2.05, 4.69) is 15.4 Å². The minimum Gasteiger partial charge on any atom is -0.323 e. The van der Waals surface area contributed by atoms with Crippen LogP contribution in [-0.4, -0.2) is 19.7 Å². The fourth-order valence-electron chi connectivity index (χ4n) is 4.14. The lowest BCUT2D eigenvalue weighted by molar-refractivity contribution is -0.145. The highest BCUT2D eigenvalue weighted by atomic mass is 35.5. The molecule has 0 fully saturated rings. The number of allylic oxidation sites excluding steroid dienone is 1. The Morgan fingerprint density at radius 3 is 2.31 bits per heavy atom. The molecule has 0 saturated carbocycles. The molecule has 174 valence electrons. The molecule has 0 bridgehead atoms. The molecule has 35 heavy (non-hydrogen) atoms. The van der Waals surface area contributed by atoms with Gasteiger partial charge in [-0.3, -0.25) is 0 Å². The minimum atomic E-state index is -4.69. The average Bonchev–Trinajstić information content (AvgIpc) is 3.48. The summed E-state index contributed by atoms with van der Waals surface area (Å²) in [6.07, 6.45) is -4.69. The Kier molecular flexibility index (Phi) is 5.12. The van der Waals surface area contributed by atoms with Crippen LogP contribution in [0.4, 0.5) is 19.1 Å². The lowest BCUT2D eigenvalue weighted by Crippen LogP contribution is -2.24. The number of nitrogens with one attached hydrogen (secondary N) is 1. The van der Waals surface area contributed by atoms with Gasteiger partial charge < -0.3 is 5.32 Å². The smallest absolute Gasteiger partial charge is 0.323 e. The van der Waals surface area contributed by atoms with Gasteiger partial charge in [-0.25, -0.2) is 9.67 Å². The topological polar surface area (TPSA) is 55.6 Å². The van der Waals surface area contributed by atoms with Crippen molar-refractivity contribution in [3.63, 3.8) is 0 Å². The first kappa shape index (κ1) is 21.8. The highest BCUT2D eigenvalue weighted by Crippen LogP contribution is 2.46. The number of hydrogen-bond donors (Lipinski definition) is 1. The number of benzene rings is 3. The normalized spacial score (nSPS) is 15.8. The highest BCUT2D eigenvalue weighted by molar-refractivity contribution is 7.19. The number of anilines is 1. The Hall–Kier alpha value is -3.69. The van der Waals surface area contributed by atoms with Crippen molar-refractivity contribution in [2.45, 2.75) is 12.2 Å². The molecule has 0 radical (unpaired) electrons. The van der Waals surface area contributed by atoms with E-state index < -0.39 is 18.0 Å². The molecule has 0 saturated heterocycles.